The minimum Gasteiger partial charge on any atom is -0.369 e. The third-order valence-electron chi connectivity index (χ3n) is 6.67. The molecule has 2 aliphatic heterocycles. The van der Waals surface area contributed by atoms with Gasteiger partial charge in [0, 0.05) is 31.9 Å². The molecule has 0 unspecified atom stereocenters. The predicted molar refractivity (Wildman–Crippen MR) is 130 cm³/mol. The van der Waals surface area contributed by atoms with Crippen LogP contribution >= 0.6 is 0 Å². The lowest BCUT2D eigenvalue weighted by molar-refractivity contribution is -0.149. The summed E-state index contributed by atoms with van der Waals surface area (Å²) in [4.78, 5) is 42.7. The van der Waals surface area contributed by atoms with Crippen molar-refractivity contribution in [2.24, 2.45) is 0 Å². The van der Waals surface area contributed by atoms with Crippen LogP contribution in [0.3, 0.4) is 0 Å². The van der Waals surface area contributed by atoms with Crippen molar-refractivity contribution in [3.63, 3.8) is 0 Å². The van der Waals surface area contributed by atoms with Gasteiger partial charge in [-0.25, -0.2) is 4.79 Å². The summed E-state index contributed by atoms with van der Waals surface area (Å²) in [5.41, 5.74) is 3.26. The maximum absolute atomic E-state index is 13.3. The van der Waals surface area contributed by atoms with Crippen LogP contribution in [0.15, 0.2) is 78.9 Å². The highest BCUT2D eigenvalue weighted by atomic mass is 16.2. The number of carbonyl (C=O) groups excluding carboxylic acids is 3. The summed E-state index contributed by atoms with van der Waals surface area (Å²) in [7, 11) is 0. The fraction of sp³-hybridized carbons (Fsp3) is 0.222. The van der Waals surface area contributed by atoms with Crippen LogP contribution in [-0.4, -0.2) is 48.9 Å². The standard InChI is InChI=1S/C27H26N4O3/c1-19-7-13-23(14-8-19)30-15-17-31(18-16-30)27(24(32)28-26(34)29-25(27)33)22-11-9-21(10-12-22)20-5-3-2-4-6-20/h2-14H,15-18H2,1H3,(H2,28,29,32,33,34). The third-order valence-corrected chi connectivity index (χ3v) is 6.67. The van der Waals surface area contributed by atoms with Crippen LogP contribution < -0.4 is 15.5 Å². The fourth-order valence-corrected chi connectivity index (χ4v) is 4.84. The summed E-state index contributed by atoms with van der Waals surface area (Å²) >= 11 is 0. The van der Waals surface area contributed by atoms with Gasteiger partial charge in [0.15, 0.2) is 0 Å². The number of nitrogens with zero attached hydrogens (tertiary/aromatic N) is 2. The van der Waals surface area contributed by atoms with Crippen molar-refractivity contribution >= 4 is 23.5 Å². The second-order valence-electron chi connectivity index (χ2n) is 8.70. The van der Waals surface area contributed by atoms with Gasteiger partial charge in [-0.05, 0) is 35.7 Å². The van der Waals surface area contributed by atoms with E-state index in [4.69, 9.17) is 0 Å². The van der Waals surface area contributed by atoms with Crippen molar-refractivity contribution in [3.8, 4) is 11.1 Å². The molecule has 2 N–H and O–H groups in total. The Labute approximate surface area is 198 Å². The first-order valence-corrected chi connectivity index (χ1v) is 11.4. The first-order chi connectivity index (χ1) is 16.5. The number of amides is 4. The number of nitrogens with one attached hydrogen (secondary N) is 2. The van der Waals surface area contributed by atoms with E-state index >= 15 is 0 Å². The Bertz CT molecular complexity index is 1190. The highest BCUT2D eigenvalue weighted by Gasteiger charge is 2.56. The molecule has 0 saturated carbocycles. The lowest BCUT2D eigenvalue weighted by Gasteiger charge is -2.47. The van der Waals surface area contributed by atoms with E-state index in [1.165, 1.54) is 5.56 Å². The maximum atomic E-state index is 13.3. The number of rotatable bonds is 4. The molecule has 0 aromatic heterocycles. The van der Waals surface area contributed by atoms with Crippen LogP contribution in [-0.2, 0) is 15.1 Å². The molecule has 0 aliphatic carbocycles. The summed E-state index contributed by atoms with van der Waals surface area (Å²) in [6.07, 6.45) is 0. The average Bonchev–Trinajstić information content (AvgIpc) is 2.86. The molecule has 7 heteroatoms. The smallest absolute Gasteiger partial charge is 0.328 e. The number of anilines is 1. The zero-order chi connectivity index (χ0) is 23.7. The van der Waals surface area contributed by atoms with Crippen molar-refractivity contribution in [1.82, 2.24) is 15.5 Å². The minimum absolute atomic E-state index is 0.489. The SMILES string of the molecule is Cc1ccc(N2CCN(C3(c4ccc(-c5ccccc5)cc4)C(=O)NC(=O)NC3=O)CC2)cc1. The molecular formula is C27H26N4O3. The van der Waals surface area contributed by atoms with Crippen LogP contribution in [0.2, 0.25) is 0 Å². The van der Waals surface area contributed by atoms with E-state index < -0.39 is 23.4 Å². The lowest BCUT2D eigenvalue weighted by Crippen LogP contribution is -2.73. The van der Waals surface area contributed by atoms with E-state index in [0.29, 0.717) is 31.7 Å². The first-order valence-electron chi connectivity index (χ1n) is 11.4. The Kier molecular flexibility index (Phi) is 5.63. The van der Waals surface area contributed by atoms with Gasteiger partial charge in [-0.2, -0.15) is 0 Å². The van der Waals surface area contributed by atoms with Crippen molar-refractivity contribution in [1.29, 1.82) is 0 Å². The molecular weight excluding hydrogens is 428 g/mol. The summed E-state index contributed by atoms with van der Waals surface area (Å²) in [6, 6.07) is 24.9. The van der Waals surface area contributed by atoms with Crippen LogP contribution in [0.25, 0.3) is 11.1 Å². The van der Waals surface area contributed by atoms with Gasteiger partial charge in [-0.1, -0.05) is 72.3 Å². The number of barbiturate groups is 1. The van der Waals surface area contributed by atoms with Gasteiger partial charge in [0.25, 0.3) is 11.8 Å². The van der Waals surface area contributed by atoms with Gasteiger partial charge >= 0.3 is 6.03 Å². The number of imide groups is 2. The number of carbonyl (C=O) groups is 3. The molecule has 0 spiro atoms. The third kappa shape index (κ3) is 3.74. The quantitative estimate of drug-likeness (QED) is 0.593. The van der Waals surface area contributed by atoms with Crippen molar-refractivity contribution in [2.75, 3.05) is 31.1 Å². The van der Waals surface area contributed by atoms with Gasteiger partial charge in [0.1, 0.15) is 0 Å². The Morgan fingerprint density at radius 3 is 1.82 bits per heavy atom. The first kappa shape index (κ1) is 21.9. The fourth-order valence-electron chi connectivity index (χ4n) is 4.84. The molecule has 0 radical (unpaired) electrons. The molecule has 0 bridgehead atoms. The molecule has 172 valence electrons. The van der Waals surface area contributed by atoms with E-state index in [9.17, 15) is 14.4 Å². The second-order valence-corrected chi connectivity index (χ2v) is 8.70. The Balaban J connectivity index is 1.47. The molecule has 2 saturated heterocycles. The zero-order valence-electron chi connectivity index (χ0n) is 19.0. The Hall–Kier alpha value is -3.97. The van der Waals surface area contributed by atoms with Crippen LogP contribution in [0, 0.1) is 6.92 Å². The van der Waals surface area contributed by atoms with E-state index in [-0.39, 0.29) is 0 Å². The monoisotopic (exact) mass is 454 g/mol. The second kappa shape index (κ2) is 8.76. The number of urea groups is 1. The summed E-state index contributed by atoms with van der Waals surface area (Å²) in [5.74, 6) is -1.23. The Morgan fingerprint density at radius 1 is 0.676 bits per heavy atom. The molecule has 2 fully saturated rings. The van der Waals surface area contributed by atoms with Gasteiger partial charge in [0.05, 0.1) is 0 Å². The number of hydrogen-bond acceptors (Lipinski definition) is 5. The summed E-state index contributed by atoms with van der Waals surface area (Å²) < 4.78 is 0. The number of aryl methyl sites for hydroxylation is 1. The number of piperazine rings is 1. The number of benzene rings is 3. The zero-order valence-corrected chi connectivity index (χ0v) is 19.0. The summed E-state index contributed by atoms with van der Waals surface area (Å²) in [6.45, 7) is 4.34. The molecule has 4 amide bonds. The molecule has 0 atom stereocenters. The molecule has 7 nitrogen and oxygen atoms in total. The van der Waals surface area contributed by atoms with E-state index in [0.717, 1.165) is 16.8 Å². The normalized spacial score (nSPS) is 18.4. The van der Waals surface area contributed by atoms with Crippen molar-refractivity contribution in [3.05, 3.63) is 90.0 Å². The molecule has 3 aromatic rings. The topological polar surface area (TPSA) is 81.8 Å². The molecule has 2 heterocycles. The molecule has 34 heavy (non-hydrogen) atoms. The van der Waals surface area contributed by atoms with Crippen LogP contribution in [0.4, 0.5) is 10.5 Å². The predicted octanol–water partition coefficient (Wildman–Crippen LogP) is 3.05. The average molecular weight is 455 g/mol. The van der Waals surface area contributed by atoms with Crippen LogP contribution in [0.1, 0.15) is 11.1 Å². The van der Waals surface area contributed by atoms with Crippen LogP contribution in [0.5, 0.6) is 0 Å². The van der Waals surface area contributed by atoms with E-state index in [2.05, 4.69) is 46.7 Å². The molecule has 3 aromatic carbocycles. The van der Waals surface area contributed by atoms with Gasteiger partial charge < -0.3 is 4.90 Å². The molecule has 5 rings (SSSR count). The molecule has 2 aliphatic rings. The summed E-state index contributed by atoms with van der Waals surface area (Å²) in [5, 5.41) is 4.65. The number of hydrogen-bond donors (Lipinski definition) is 2. The van der Waals surface area contributed by atoms with Gasteiger partial charge in [0.2, 0.25) is 5.54 Å². The largest absolute Gasteiger partial charge is 0.369 e. The highest BCUT2D eigenvalue weighted by molar-refractivity contribution is 6.22. The van der Waals surface area contributed by atoms with Crippen molar-refractivity contribution in [2.45, 2.75) is 12.5 Å². The van der Waals surface area contributed by atoms with Gasteiger partial charge in [-0.3, -0.25) is 25.1 Å². The maximum Gasteiger partial charge on any atom is 0.328 e. The van der Waals surface area contributed by atoms with Crippen molar-refractivity contribution < 1.29 is 14.4 Å². The highest BCUT2D eigenvalue weighted by Crippen LogP contribution is 2.34. The minimum atomic E-state index is -1.61. The van der Waals surface area contributed by atoms with Gasteiger partial charge in [-0.15, -0.1) is 0 Å². The Morgan fingerprint density at radius 2 is 1.24 bits per heavy atom. The van der Waals surface area contributed by atoms with E-state index in [1.807, 2.05) is 59.5 Å². The lowest BCUT2D eigenvalue weighted by atomic mass is 9.83. The van der Waals surface area contributed by atoms with E-state index in [1.54, 1.807) is 0 Å².